The molecule has 0 saturated carbocycles. The van der Waals surface area contributed by atoms with Crippen LogP contribution in [-0.4, -0.2) is 11.8 Å². The zero-order chi connectivity index (χ0) is 20.4. The lowest BCUT2D eigenvalue weighted by Gasteiger charge is -2.18. The average molecular weight is 388 g/mol. The van der Waals surface area contributed by atoms with Gasteiger partial charge in [-0.2, -0.15) is 0 Å². The third kappa shape index (κ3) is 4.04. The van der Waals surface area contributed by atoms with Crippen molar-refractivity contribution in [2.24, 2.45) is 0 Å². The zero-order valence-corrected chi connectivity index (χ0v) is 16.1. The van der Waals surface area contributed by atoms with Crippen LogP contribution in [0.5, 0.6) is 0 Å². The summed E-state index contributed by atoms with van der Waals surface area (Å²) < 4.78 is 13.1. The van der Waals surface area contributed by atoms with Crippen molar-refractivity contribution >= 4 is 17.5 Å². The molecule has 2 amide bonds. The molecule has 0 unspecified atom stereocenters. The van der Waals surface area contributed by atoms with Crippen LogP contribution in [0.3, 0.4) is 0 Å². The summed E-state index contributed by atoms with van der Waals surface area (Å²) in [6, 6.07) is 21.0. The van der Waals surface area contributed by atoms with E-state index in [1.807, 2.05) is 43.3 Å². The average Bonchev–Trinajstić information content (AvgIpc) is 3.03. The summed E-state index contributed by atoms with van der Waals surface area (Å²) in [6.45, 7) is 2.36. The standard InChI is InChI=1S/C24H21FN2O2/c1-16(18-7-10-21(25)11-8-18)26-24(29)19-9-12-22-20(13-19)14-23(28)27(22)15-17-5-3-2-4-6-17/h2-13,16H,14-15H2,1H3,(H,26,29)/t16-/m1/s1. The predicted molar refractivity (Wildman–Crippen MR) is 110 cm³/mol. The van der Waals surface area contributed by atoms with Crippen LogP contribution in [0.25, 0.3) is 0 Å². The number of nitrogens with zero attached hydrogens (tertiary/aromatic N) is 1. The smallest absolute Gasteiger partial charge is 0.251 e. The lowest BCUT2D eigenvalue weighted by atomic mass is 10.1. The minimum Gasteiger partial charge on any atom is -0.346 e. The zero-order valence-electron chi connectivity index (χ0n) is 16.1. The highest BCUT2D eigenvalue weighted by molar-refractivity contribution is 6.03. The molecule has 4 nitrogen and oxygen atoms in total. The first kappa shape index (κ1) is 18.9. The van der Waals surface area contributed by atoms with Gasteiger partial charge in [-0.05, 0) is 53.9 Å². The molecule has 5 heteroatoms. The Bertz CT molecular complexity index is 1050. The van der Waals surface area contributed by atoms with Crippen LogP contribution >= 0.6 is 0 Å². The summed E-state index contributed by atoms with van der Waals surface area (Å²) in [5, 5.41) is 2.93. The number of hydrogen-bond acceptors (Lipinski definition) is 2. The Balaban J connectivity index is 1.49. The highest BCUT2D eigenvalue weighted by atomic mass is 19.1. The molecule has 1 aliphatic rings. The molecule has 146 valence electrons. The second-order valence-corrected chi connectivity index (χ2v) is 7.23. The maximum Gasteiger partial charge on any atom is 0.251 e. The second-order valence-electron chi connectivity index (χ2n) is 7.23. The van der Waals surface area contributed by atoms with E-state index in [9.17, 15) is 14.0 Å². The van der Waals surface area contributed by atoms with Gasteiger partial charge in [0.25, 0.3) is 5.91 Å². The van der Waals surface area contributed by atoms with Crippen LogP contribution in [-0.2, 0) is 17.8 Å². The van der Waals surface area contributed by atoms with Crippen molar-refractivity contribution in [1.82, 2.24) is 5.32 Å². The molecule has 3 aromatic rings. The van der Waals surface area contributed by atoms with E-state index in [4.69, 9.17) is 0 Å². The third-order valence-corrected chi connectivity index (χ3v) is 5.18. The van der Waals surface area contributed by atoms with E-state index in [0.29, 0.717) is 12.1 Å². The van der Waals surface area contributed by atoms with E-state index in [1.165, 1.54) is 12.1 Å². The van der Waals surface area contributed by atoms with Crippen molar-refractivity contribution in [3.63, 3.8) is 0 Å². The monoisotopic (exact) mass is 388 g/mol. The molecular weight excluding hydrogens is 367 g/mol. The molecule has 0 saturated heterocycles. The van der Waals surface area contributed by atoms with Gasteiger partial charge >= 0.3 is 0 Å². The minimum absolute atomic E-state index is 0.0288. The molecule has 0 radical (unpaired) electrons. The van der Waals surface area contributed by atoms with Gasteiger partial charge in [0.1, 0.15) is 5.82 Å². The number of nitrogens with one attached hydrogen (secondary N) is 1. The number of halogens is 1. The molecular formula is C24H21FN2O2. The number of benzene rings is 3. The van der Waals surface area contributed by atoms with Crippen molar-refractivity contribution in [2.45, 2.75) is 25.9 Å². The highest BCUT2D eigenvalue weighted by Gasteiger charge is 2.28. The normalized spacial score (nSPS) is 13.9. The van der Waals surface area contributed by atoms with Crippen molar-refractivity contribution in [3.8, 4) is 0 Å². The van der Waals surface area contributed by atoms with Crippen LogP contribution in [0.15, 0.2) is 72.8 Å². The fourth-order valence-electron chi connectivity index (χ4n) is 3.58. The summed E-state index contributed by atoms with van der Waals surface area (Å²) >= 11 is 0. The number of carbonyl (C=O) groups is 2. The second kappa shape index (κ2) is 7.87. The molecule has 0 aliphatic carbocycles. The van der Waals surface area contributed by atoms with Crippen molar-refractivity contribution in [3.05, 3.63) is 101 Å². The van der Waals surface area contributed by atoms with Gasteiger partial charge in [-0.1, -0.05) is 42.5 Å². The molecule has 0 bridgehead atoms. The number of amides is 2. The van der Waals surface area contributed by atoms with Crippen LogP contribution in [0.4, 0.5) is 10.1 Å². The fourth-order valence-corrected chi connectivity index (χ4v) is 3.58. The summed E-state index contributed by atoms with van der Waals surface area (Å²) in [6.07, 6.45) is 0.288. The Labute approximate surface area is 169 Å². The highest BCUT2D eigenvalue weighted by Crippen LogP contribution is 2.31. The molecule has 29 heavy (non-hydrogen) atoms. The Hall–Kier alpha value is -3.47. The Kier molecular flexibility index (Phi) is 5.12. The Morgan fingerprint density at radius 3 is 2.52 bits per heavy atom. The van der Waals surface area contributed by atoms with E-state index < -0.39 is 0 Å². The van der Waals surface area contributed by atoms with E-state index >= 15 is 0 Å². The van der Waals surface area contributed by atoms with Gasteiger partial charge in [0.05, 0.1) is 19.0 Å². The van der Waals surface area contributed by atoms with Gasteiger partial charge in [0.2, 0.25) is 5.91 Å². The first-order valence-corrected chi connectivity index (χ1v) is 9.55. The van der Waals surface area contributed by atoms with Crippen molar-refractivity contribution < 1.29 is 14.0 Å². The summed E-state index contributed by atoms with van der Waals surface area (Å²) in [5.74, 6) is -0.504. The maximum atomic E-state index is 13.1. The molecule has 0 fully saturated rings. The SMILES string of the molecule is C[C@@H](NC(=O)c1ccc2c(c1)CC(=O)N2Cc1ccccc1)c1ccc(F)cc1. The third-order valence-electron chi connectivity index (χ3n) is 5.18. The lowest BCUT2D eigenvalue weighted by molar-refractivity contribution is -0.117. The molecule has 3 aromatic carbocycles. The topological polar surface area (TPSA) is 49.4 Å². The number of anilines is 1. The molecule has 4 rings (SSSR count). The van der Waals surface area contributed by atoms with Gasteiger partial charge < -0.3 is 10.2 Å². The Morgan fingerprint density at radius 2 is 1.79 bits per heavy atom. The molecule has 1 aliphatic heterocycles. The van der Waals surface area contributed by atoms with Gasteiger partial charge in [-0.25, -0.2) is 4.39 Å². The molecule has 1 N–H and O–H groups in total. The van der Waals surface area contributed by atoms with Gasteiger partial charge in [-0.15, -0.1) is 0 Å². The molecule has 0 aromatic heterocycles. The quantitative estimate of drug-likeness (QED) is 0.704. The van der Waals surface area contributed by atoms with E-state index in [2.05, 4.69) is 5.32 Å². The number of fused-ring (bicyclic) bond motifs is 1. The van der Waals surface area contributed by atoms with Gasteiger partial charge in [0, 0.05) is 11.3 Å². The van der Waals surface area contributed by atoms with Gasteiger partial charge in [0.15, 0.2) is 0 Å². The molecule has 1 atom stereocenters. The largest absolute Gasteiger partial charge is 0.346 e. The van der Waals surface area contributed by atoms with Crippen LogP contribution in [0.1, 0.15) is 40.0 Å². The van der Waals surface area contributed by atoms with Crippen molar-refractivity contribution in [2.75, 3.05) is 4.90 Å². The minimum atomic E-state index is -0.310. The number of carbonyl (C=O) groups excluding carboxylic acids is 2. The summed E-state index contributed by atoms with van der Waals surface area (Å²) in [4.78, 5) is 26.9. The summed E-state index contributed by atoms with van der Waals surface area (Å²) in [7, 11) is 0. The van der Waals surface area contributed by atoms with E-state index in [1.54, 1.807) is 29.2 Å². The van der Waals surface area contributed by atoms with E-state index in [0.717, 1.165) is 22.4 Å². The Morgan fingerprint density at radius 1 is 1.07 bits per heavy atom. The predicted octanol–water partition coefficient (Wildman–Crippen LogP) is 4.41. The summed E-state index contributed by atoms with van der Waals surface area (Å²) in [5.41, 5.74) is 4.09. The molecule has 0 spiro atoms. The van der Waals surface area contributed by atoms with Crippen LogP contribution in [0.2, 0.25) is 0 Å². The maximum absolute atomic E-state index is 13.1. The molecule has 1 heterocycles. The fraction of sp³-hybridized carbons (Fsp3) is 0.167. The first-order chi connectivity index (χ1) is 14.0. The van der Waals surface area contributed by atoms with Gasteiger partial charge in [-0.3, -0.25) is 9.59 Å². The van der Waals surface area contributed by atoms with Crippen LogP contribution < -0.4 is 10.2 Å². The van der Waals surface area contributed by atoms with E-state index in [-0.39, 0.29) is 30.1 Å². The first-order valence-electron chi connectivity index (χ1n) is 9.55. The lowest BCUT2D eigenvalue weighted by Crippen LogP contribution is -2.27. The van der Waals surface area contributed by atoms with Crippen molar-refractivity contribution in [1.29, 1.82) is 0 Å². The van der Waals surface area contributed by atoms with Crippen LogP contribution in [0, 0.1) is 5.82 Å². The number of rotatable bonds is 5. The number of hydrogen-bond donors (Lipinski definition) is 1.